The highest BCUT2D eigenvalue weighted by Gasteiger charge is 2.26. The molecular weight excluding hydrogens is 356 g/mol. The standard InChI is InChI=1S/C18H21ClN4O3/c1-2-26-18(25)22-9-7-21(8-10-22)17(24)15-11-20-23(13-15)12-14-5-3-4-6-16(14)19/h3-6,11,13H,2,7-10,12H2,1H3. The molecule has 8 heteroatoms. The lowest BCUT2D eigenvalue weighted by Gasteiger charge is -2.33. The molecule has 1 aromatic carbocycles. The van der Waals surface area contributed by atoms with Crippen molar-refractivity contribution in [2.24, 2.45) is 0 Å². The third kappa shape index (κ3) is 4.16. The number of benzene rings is 1. The van der Waals surface area contributed by atoms with Gasteiger partial charge in [-0.05, 0) is 18.6 Å². The summed E-state index contributed by atoms with van der Waals surface area (Å²) in [6, 6.07) is 7.55. The van der Waals surface area contributed by atoms with Crippen LogP contribution in [0.15, 0.2) is 36.7 Å². The quantitative estimate of drug-likeness (QED) is 0.822. The molecule has 1 aliphatic heterocycles. The molecule has 1 aromatic heterocycles. The van der Waals surface area contributed by atoms with Crippen molar-refractivity contribution in [3.8, 4) is 0 Å². The number of aromatic nitrogens is 2. The number of piperazine rings is 1. The lowest BCUT2D eigenvalue weighted by atomic mass is 10.2. The molecule has 1 aliphatic rings. The normalized spacial score (nSPS) is 14.4. The smallest absolute Gasteiger partial charge is 0.409 e. The van der Waals surface area contributed by atoms with E-state index in [0.29, 0.717) is 49.9 Å². The number of carbonyl (C=O) groups is 2. The maximum Gasteiger partial charge on any atom is 0.409 e. The van der Waals surface area contributed by atoms with Crippen LogP contribution in [0.1, 0.15) is 22.8 Å². The van der Waals surface area contributed by atoms with E-state index < -0.39 is 0 Å². The number of nitrogens with zero attached hydrogens (tertiary/aromatic N) is 4. The van der Waals surface area contributed by atoms with E-state index in [0.717, 1.165) is 5.56 Å². The minimum Gasteiger partial charge on any atom is -0.450 e. The molecule has 2 amide bonds. The van der Waals surface area contributed by atoms with Crippen LogP contribution >= 0.6 is 11.6 Å². The Kier molecular flexibility index (Phi) is 5.78. The average molecular weight is 377 g/mol. The summed E-state index contributed by atoms with van der Waals surface area (Å²) >= 11 is 6.17. The van der Waals surface area contributed by atoms with E-state index in [-0.39, 0.29) is 12.0 Å². The Hall–Kier alpha value is -2.54. The van der Waals surface area contributed by atoms with E-state index in [4.69, 9.17) is 16.3 Å². The molecule has 0 atom stereocenters. The number of amides is 2. The van der Waals surface area contributed by atoms with E-state index in [2.05, 4.69) is 5.10 Å². The van der Waals surface area contributed by atoms with Crippen LogP contribution in [-0.2, 0) is 11.3 Å². The van der Waals surface area contributed by atoms with Crippen molar-refractivity contribution in [2.45, 2.75) is 13.5 Å². The Morgan fingerprint density at radius 1 is 1.15 bits per heavy atom. The molecule has 7 nitrogen and oxygen atoms in total. The summed E-state index contributed by atoms with van der Waals surface area (Å²) in [5.74, 6) is -0.0843. The summed E-state index contributed by atoms with van der Waals surface area (Å²) < 4.78 is 6.69. The van der Waals surface area contributed by atoms with Gasteiger partial charge >= 0.3 is 6.09 Å². The molecule has 2 aromatic rings. The minimum absolute atomic E-state index is 0.0843. The first-order valence-electron chi connectivity index (χ1n) is 8.55. The zero-order valence-electron chi connectivity index (χ0n) is 14.6. The third-order valence-electron chi connectivity index (χ3n) is 4.26. The van der Waals surface area contributed by atoms with Crippen LogP contribution in [-0.4, -0.2) is 64.4 Å². The van der Waals surface area contributed by atoms with E-state index in [9.17, 15) is 9.59 Å². The lowest BCUT2D eigenvalue weighted by Crippen LogP contribution is -2.50. The number of rotatable bonds is 4. The molecule has 2 heterocycles. The van der Waals surface area contributed by atoms with Crippen molar-refractivity contribution in [3.05, 3.63) is 52.8 Å². The molecule has 0 spiro atoms. The molecule has 0 saturated carbocycles. The van der Waals surface area contributed by atoms with Crippen LogP contribution < -0.4 is 0 Å². The highest BCUT2D eigenvalue weighted by atomic mass is 35.5. The van der Waals surface area contributed by atoms with Gasteiger partial charge in [-0.3, -0.25) is 9.48 Å². The predicted molar refractivity (Wildman–Crippen MR) is 97.3 cm³/mol. The number of hydrogen-bond acceptors (Lipinski definition) is 4. The van der Waals surface area contributed by atoms with Gasteiger partial charge in [0.25, 0.3) is 5.91 Å². The third-order valence-corrected chi connectivity index (χ3v) is 4.63. The molecular formula is C18H21ClN4O3. The van der Waals surface area contributed by atoms with Crippen LogP contribution in [0.3, 0.4) is 0 Å². The maximum atomic E-state index is 12.6. The van der Waals surface area contributed by atoms with E-state index in [1.54, 1.807) is 33.8 Å². The van der Waals surface area contributed by atoms with Crippen LogP contribution in [0, 0.1) is 0 Å². The number of halogens is 1. The monoisotopic (exact) mass is 376 g/mol. The molecule has 138 valence electrons. The van der Waals surface area contributed by atoms with Crippen molar-refractivity contribution < 1.29 is 14.3 Å². The number of ether oxygens (including phenoxy) is 1. The van der Waals surface area contributed by atoms with Crippen molar-refractivity contribution in [3.63, 3.8) is 0 Å². The first-order chi connectivity index (χ1) is 12.6. The summed E-state index contributed by atoms with van der Waals surface area (Å²) in [5.41, 5.74) is 1.47. The van der Waals surface area contributed by atoms with E-state index >= 15 is 0 Å². The predicted octanol–water partition coefficient (Wildman–Crippen LogP) is 2.50. The van der Waals surface area contributed by atoms with Crippen molar-refractivity contribution in [1.82, 2.24) is 19.6 Å². The first kappa shape index (κ1) is 18.3. The summed E-state index contributed by atoms with van der Waals surface area (Å²) in [6.45, 7) is 4.53. The molecule has 0 radical (unpaired) electrons. The topological polar surface area (TPSA) is 67.7 Å². The zero-order valence-corrected chi connectivity index (χ0v) is 15.4. The fourth-order valence-corrected chi connectivity index (χ4v) is 3.05. The Morgan fingerprint density at radius 2 is 1.85 bits per heavy atom. The van der Waals surface area contributed by atoms with Crippen LogP contribution in [0.25, 0.3) is 0 Å². The second kappa shape index (κ2) is 8.23. The second-order valence-corrected chi connectivity index (χ2v) is 6.40. The molecule has 0 bridgehead atoms. The van der Waals surface area contributed by atoms with Gasteiger partial charge in [-0.1, -0.05) is 29.8 Å². The van der Waals surface area contributed by atoms with Gasteiger partial charge in [0.1, 0.15) is 0 Å². The summed E-state index contributed by atoms with van der Waals surface area (Å²) in [4.78, 5) is 27.7. The Bertz CT molecular complexity index is 784. The van der Waals surface area contributed by atoms with Crippen LogP contribution in [0.5, 0.6) is 0 Å². The van der Waals surface area contributed by atoms with Gasteiger partial charge < -0.3 is 14.5 Å². The molecule has 1 fully saturated rings. The molecule has 0 N–H and O–H groups in total. The largest absolute Gasteiger partial charge is 0.450 e. The van der Waals surface area contributed by atoms with Crippen LogP contribution in [0.4, 0.5) is 4.79 Å². The molecule has 3 rings (SSSR count). The van der Waals surface area contributed by atoms with Gasteiger partial charge in [0.05, 0.1) is 24.9 Å². The lowest BCUT2D eigenvalue weighted by molar-refractivity contribution is 0.0570. The number of carbonyl (C=O) groups excluding carboxylic acids is 2. The molecule has 1 saturated heterocycles. The van der Waals surface area contributed by atoms with Crippen LogP contribution in [0.2, 0.25) is 5.02 Å². The van der Waals surface area contributed by atoms with Crippen molar-refractivity contribution >= 4 is 23.6 Å². The summed E-state index contributed by atoms with van der Waals surface area (Å²) in [6.07, 6.45) is 2.97. The second-order valence-electron chi connectivity index (χ2n) is 6.00. The Balaban J connectivity index is 1.59. The molecule has 26 heavy (non-hydrogen) atoms. The summed E-state index contributed by atoms with van der Waals surface area (Å²) in [5, 5.41) is 4.93. The first-order valence-corrected chi connectivity index (χ1v) is 8.93. The average Bonchev–Trinajstić information content (AvgIpc) is 3.12. The highest BCUT2D eigenvalue weighted by molar-refractivity contribution is 6.31. The van der Waals surface area contributed by atoms with Crippen molar-refractivity contribution in [1.29, 1.82) is 0 Å². The highest BCUT2D eigenvalue weighted by Crippen LogP contribution is 2.16. The maximum absolute atomic E-state index is 12.6. The Labute approximate surface area is 157 Å². The van der Waals surface area contributed by atoms with Gasteiger partial charge in [-0.25, -0.2) is 4.79 Å². The Morgan fingerprint density at radius 3 is 2.54 bits per heavy atom. The fourth-order valence-electron chi connectivity index (χ4n) is 2.85. The van der Waals surface area contributed by atoms with E-state index in [1.807, 2.05) is 24.3 Å². The van der Waals surface area contributed by atoms with Gasteiger partial charge in [0, 0.05) is 37.4 Å². The van der Waals surface area contributed by atoms with E-state index in [1.165, 1.54) is 0 Å². The van der Waals surface area contributed by atoms with Gasteiger partial charge in [0.15, 0.2) is 0 Å². The fraction of sp³-hybridized carbons (Fsp3) is 0.389. The molecule has 0 unspecified atom stereocenters. The number of hydrogen-bond donors (Lipinski definition) is 0. The minimum atomic E-state index is -0.327. The molecule has 0 aliphatic carbocycles. The summed E-state index contributed by atoms with van der Waals surface area (Å²) in [7, 11) is 0. The van der Waals surface area contributed by atoms with Gasteiger partial charge in [0.2, 0.25) is 0 Å². The SMILES string of the molecule is CCOC(=O)N1CCN(C(=O)c2cnn(Cc3ccccc3Cl)c2)CC1. The van der Waals surface area contributed by atoms with Gasteiger partial charge in [-0.2, -0.15) is 5.10 Å². The zero-order chi connectivity index (χ0) is 18.5. The van der Waals surface area contributed by atoms with Gasteiger partial charge in [-0.15, -0.1) is 0 Å². The van der Waals surface area contributed by atoms with Crippen molar-refractivity contribution in [2.75, 3.05) is 32.8 Å².